The Morgan fingerprint density at radius 1 is 1.25 bits per heavy atom. The van der Waals surface area contributed by atoms with E-state index in [-0.39, 0.29) is 24.5 Å². The van der Waals surface area contributed by atoms with E-state index < -0.39 is 6.04 Å². The lowest BCUT2D eigenvalue weighted by Gasteiger charge is -2.32. The zero-order chi connectivity index (χ0) is 19.8. The third-order valence-corrected chi connectivity index (χ3v) is 5.18. The summed E-state index contributed by atoms with van der Waals surface area (Å²) >= 11 is 0. The van der Waals surface area contributed by atoms with Crippen LogP contribution in [0.1, 0.15) is 32.0 Å². The first-order valence-corrected chi connectivity index (χ1v) is 9.46. The molecular formula is C20H24N4O4. The second kappa shape index (κ2) is 7.18. The van der Waals surface area contributed by atoms with Gasteiger partial charge in [-0.25, -0.2) is 0 Å². The average molecular weight is 384 g/mol. The molecular weight excluding hydrogens is 360 g/mol. The number of hydrogen-bond acceptors (Lipinski definition) is 5. The van der Waals surface area contributed by atoms with Crippen molar-refractivity contribution in [2.24, 2.45) is 5.92 Å². The number of nitrogens with zero attached hydrogens (tertiary/aromatic N) is 2. The first-order valence-electron chi connectivity index (χ1n) is 9.46. The van der Waals surface area contributed by atoms with Crippen molar-refractivity contribution < 1.29 is 19.1 Å². The van der Waals surface area contributed by atoms with E-state index in [1.165, 1.54) is 6.92 Å². The van der Waals surface area contributed by atoms with Gasteiger partial charge in [-0.2, -0.15) is 5.10 Å². The molecule has 0 fully saturated rings. The van der Waals surface area contributed by atoms with Crippen LogP contribution in [-0.4, -0.2) is 46.3 Å². The van der Waals surface area contributed by atoms with Gasteiger partial charge in [0.15, 0.2) is 11.5 Å². The fourth-order valence-corrected chi connectivity index (χ4v) is 3.70. The van der Waals surface area contributed by atoms with Gasteiger partial charge in [-0.1, -0.05) is 13.8 Å². The Hall–Kier alpha value is -3.03. The molecule has 1 aromatic carbocycles. The summed E-state index contributed by atoms with van der Waals surface area (Å²) in [5.74, 6) is 1.17. The maximum atomic E-state index is 13.1. The van der Waals surface area contributed by atoms with E-state index in [2.05, 4.69) is 15.5 Å². The van der Waals surface area contributed by atoms with Crippen LogP contribution in [0.15, 0.2) is 18.2 Å². The van der Waals surface area contributed by atoms with Crippen molar-refractivity contribution in [1.29, 1.82) is 0 Å². The van der Waals surface area contributed by atoms with Crippen molar-refractivity contribution in [1.82, 2.24) is 20.4 Å². The molecule has 0 unspecified atom stereocenters. The lowest BCUT2D eigenvalue weighted by molar-refractivity contribution is -0.138. The summed E-state index contributed by atoms with van der Waals surface area (Å²) in [5.41, 5.74) is 3.77. The highest BCUT2D eigenvalue weighted by Gasteiger charge is 2.32. The number of ether oxygens (including phenoxy) is 2. The van der Waals surface area contributed by atoms with Crippen molar-refractivity contribution in [2.45, 2.75) is 39.8 Å². The first kappa shape index (κ1) is 18.3. The number of H-pyrrole nitrogens is 1. The summed E-state index contributed by atoms with van der Waals surface area (Å²) in [6, 6.07) is 5.20. The fraction of sp³-hybridized carbons (Fsp3) is 0.450. The van der Waals surface area contributed by atoms with Crippen molar-refractivity contribution >= 4 is 11.8 Å². The van der Waals surface area contributed by atoms with E-state index in [4.69, 9.17) is 9.47 Å². The van der Waals surface area contributed by atoms with E-state index in [1.807, 2.05) is 32.0 Å². The summed E-state index contributed by atoms with van der Waals surface area (Å²) < 4.78 is 10.8. The van der Waals surface area contributed by atoms with Gasteiger partial charge < -0.3 is 19.7 Å². The Labute approximate surface area is 163 Å². The van der Waals surface area contributed by atoms with Crippen molar-refractivity contribution in [3.63, 3.8) is 0 Å². The van der Waals surface area contributed by atoms with Crippen LogP contribution >= 0.6 is 0 Å². The minimum absolute atomic E-state index is 0.00970. The zero-order valence-corrected chi connectivity index (χ0v) is 16.2. The van der Waals surface area contributed by atoms with Crippen LogP contribution < -0.4 is 14.8 Å². The minimum Gasteiger partial charge on any atom is -0.454 e. The lowest BCUT2D eigenvalue weighted by atomic mass is 9.98. The van der Waals surface area contributed by atoms with Gasteiger partial charge in [-0.15, -0.1) is 0 Å². The van der Waals surface area contributed by atoms with Gasteiger partial charge in [0.25, 0.3) is 0 Å². The lowest BCUT2D eigenvalue weighted by Crippen LogP contribution is -2.51. The summed E-state index contributed by atoms with van der Waals surface area (Å²) in [6.45, 7) is 6.58. The van der Waals surface area contributed by atoms with Crippen molar-refractivity contribution in [2.75, 3.05) is 13.3 Å². The molecule has 0 radical (unpaired) electrons. The van der Waals surface area contributed by atoms with Gasteiger partial charge in [0.05, 0.1) is 5.69 Å². The van der Waals surface area contributed by atoms with Crippen LogP contribution in [0.3, 0.4) is 0 Å². The molecule has 2 aromatic rings. The Kier molecular flexibility index (Phi) is 4.70. The second-order valence-corrected chi connectivity index (χ2v) is 7.53. The van der Waals surface area contributed by atoms with Gasteiger partial charge in [-0.3, -0.25) is 14.7 Å². The van der Waals surface area contributed by atoms with Gasteiger partial charge in [0.2, 0.25) is 18.6 Å². The number of benzene rings is 1. The Morgan fingerprint density at radius 2 is 2.04 bits per heavy atom. The molecule has 0 spiro atoms. The Balaban J connectivity index is 1.59. The Morgan fingerprint density at radius 3 is 2.79 bits per heavy atom. The number of fused-ring (bicyclic) bond motifs is 2. The molecule has 1 aromatic heterocycles. The molecule has 4 rings (SSSR count). The molecule has 28 heavy (non-hydrogen) atoms. The maximum Gasteiger partial charge on any atom is 0.245 e. The van der Waals surface area contributed by atoms with Crippen LogP contribution in [0, 0.1) is 5.92 Å². The molecule has 0 aliphatic carbocycles. The highest BCUT2D eigenvalue weighted by atomic mass is 16.7. The number of aromatic nitrogens is 2. The molecule has 148 valence electrons. The molecule has 2 amide bonds. The number of aromatic amines is 1. The summed E-state index contributed by atoms with van der Waals surface area (Å²) in [7, 11) is 0. The monoisotopic (exact) mass is 384 g/mol. The molecule has 3 heterocycles. The molecule has 8 heteroatoms. The minimum atomic E-state index is -0.528. The largest absolute Gasteiger partial charge is 0.454 e. The predicted octanol–water partition coefficient (Wildman–Crippen LogP) is 1.85. The average Bonchev–Trinajstić information content (AvgIpc) is 3.30. The zero-order valence-electron chi connectivity index (χ0n) is 16.2. The van der Waals surface area contributed by atoms with E-state index in [0.29, 0.717) is 25.3 Å². The predicted molar refractivity (Wildman–Crippen MR) is 102 cm³/mol. The van der Waals surface area contributed by atoms with E-state index in [9.17, 15) is 9.59 Å². The molecule has 0 saturated carbocycles. The van der Waals surface area contributed by atoms with Crippen LogP contribution in [0.4, 0.5) is 0 Å². The van der Waals surface area contributed by atoms with Crippen LogP contribution in [0.5, 0.6) is 11.5 Å². The topological polar surface area (TPSA) is 96.6 Å². The van der Waals surface area contributed by atoms with Crippen molar-refractivity contribution in [3.05, 3.63) is 29.5 Å². The summed E-state index contributed by atoms with van der Waals surface area (Å²) in [6.07, 6.45) is 0.698. The number of carbonyl (C=O) groups excluding carboxylic acids is 2. The molecule has 0 bridgehead atoms. The van der Waals surface area contributed by atoms with E-state index in [0.717, 1.165) is 28.3 Å². The summed E-state index contributed by atoms with van der Waals surface area (Å²) in [4.78, 5) is 26.4. The van der Waals surface area contributed by atoms with E-state index in [1.54, 1.807) is 4.90 Å². The third-order valence-electron chi connectivity index (χ3n) is 5.18. The van der Waals surface area contributed by atoms with Crippen LogP contribution in [0.25, 0.3) is 11.3 Å². The maximum absolute atomic E-state index is 13.1. The van der Waals surface area contributed by atoms with Gasteiger partial charge >= 0.3 is 0 Å². The molecule has 2 N–H and O–H groups in total. The summed E-state index contributed by atoms with van der Waals surface area (Å²) in [5, 5.41) is 10.4. The second-order valence-electron chi connectivity index (χ2n) is 7.53. The Bertz CT molecular complexity index is 921. The number of amides is 2. The van der Waals surface area contributed by atoms with Crippen LogP contribution in [0.2, 0.25) is 0 Å². The molecule has 2 aliphatic heterocycles. The molecule has 8 nitrogen and oxygen atoms in total. The number of hydrogen-bond donors (Lipinski definition) is 2. The molecule has 1 atom stereocenters. The third kappa shape index (κ3) is 3.30. The number of rotatable bonds is 4. The quantitative estimate of drug-likeness (QED) is 0.839. The van der Waals surface area contributed by atoms with Gasteiger partial charge in [-0.05, 0) is 24.1 Å². The van der Waals surface area contributed by atoms with Crippen LogP contribution in [-0.2, 0) is 22.6 Å². The molecule has 0 saturated heterocycles. The molecule has 2 aliphatic rings. The van der Waals surface area contributed by atoms with Gasteiger partial charge in [0, 0.05) is 43.3 Å². The highest BCUT2D eigenvalue weighted by Crippen LogP contribution is 2.37. The fourth-order valence-electron chi connectivity index (χ4n) is 3.70. The highest BCUT2D eigenvalue weighted by molar-refractivity contribution is 5.87. The smallest absolute Gasteiger partial charge is 0.245 e. The SMILES string of the molecule is CC(=O)N[C@@H](C(=O)N1CCc2[nH]nc(-c3ccc4c(c3)OCO4)c2C1)C(C)C. The van der Waals surface area contributed by atoms with Gasteiger partial charge in [0.1, 0.15) is 6.04 Å². The first-order chi connectivity index (χ1) is 13.4. The van der Waals surface area contributed by atoms with Crippen molar-refractivity contribution in [3.8, 4) is 22.8 Å². The normalized spacial score (nSPS) is 16.1. The number of carbonyl (C=O) groups is 2. The number of nitrogens with one attached hydrogen (secondary N) is 2. The van der Waals surface area contributed by atoms with E-state index >= 15 is 0 Å². The standard InChI is InChI=1S/C20H24N4O4/c1-11(2)18(21-12(3)25)20(26)24-7-6-15-14(9-24)19(23-22-15)13-4-5-16-17(8-13)28-10-27-16/h4-5,8,11,18H,6-7,9-10H2,1-3H3,(H,21,25)(H,22,23)/t18-/m1/s1.